The van der Waals surface area contributed by atoms with Crippen molar-refractivity contribution in [1.82, 2.24) is 5.32 Å². The fraction of sp³-hybridized carbons (Fsp3) is 0.500. The second-order valence-corrected chi connectivity index (χ2v) is 4.64. The van der Waals surface area contributed by atoms with Gasteiger partial charge in [0, 0.05) is 6.04 Å². The van der Waals surface area contributed by atoms with Crippen molar-refractivity contribution in [2.75, 3.05) is 0 Å². The summed E-state index contributed by atoms with van der Waals surface area (Å²) in [5.74, 6) is -0.740. The zero-order chi connectivity index (χ0) is 12.3. The molecule has 0 saturated carbocycles. The van der Waals surface area contributed by atoms with E-state index in [9.17, 15) is 4.79 Å². The highest BCUT2D eigenvalue weighted by Crippen LogP contribution is 2.31. The number of carbonyl (C=O) groups is 1. The van der Waals surface area contributed by atoms with Gasteiger partial charge in [-0.2, -0.15) is 0 Å². The second kappa shape index (κ2) is 5.32. The van der Waals surface area contributed by atoms with E-state index in [1.54, 1.807) is 0 Å². The van der Waals surface area contributed by atoms with Crippen molar-refractivity contribution in [2.45, 2.75) is 44.7 Å². The largest absolute Gasteiger partial charge is 0.480 e. The molecule has 3 nitrogen and oxygen atoms in total. The molecule has 2 rings (SSSR count). The normalized spacial score (nSPS) is 19.9. The third-order valence-corrected chi connectivity index (χ3v) is 3.41. The highest BCUT2D eigenvalue weighted by molar-refractivity contribution is 5.73. The van der Waals surface area contributed by atoms with E-state index in [2.05, 4.69) is 17.4 Å². The summed E-state index contributed by atoms with van der Waals surface area (Å²) < 4.78 is 0. The molecular formula is C14H19NO2. The molecule has 0 radical (unpaired) electrons. The Bertz CT molecular complexity index is 403. The van der Waals surface area contributed by atoms with Gasteiger partial charge >= 0.3 is 5.97 Å². The van der Waals surface area contributed by atoms with Crippen LogP contribution in [0.3, 0.4) is 0 Å². The number of carboxylic acid groups (broad SMARTS) is 1. The fourth-order valence-corrected chi connectivity index (χ4v) is 2.54. The first-order valence-corrected chi connectivity index (χ1v) is 6.29. The SMILES string of the molecule is CCCC(NC1CCc2ccccc21)C(=O)O. The summed E-state index contributed by atoms with van der Waals surface area (Å²) in [6, 6.07) is 8.09. The van der Waals surface area contributed by atoms with Crippen LogP contribution in [0.5, 0.6) is 0 Å². The van der Waals surface area contributed by atoms with Crippen LogP contribution in [-0.4, -0.2) is 17.1 Å². The first-order chi connectivity index (χ1) is 8.22. The topological polar surface area (TPSA) is 49.3 Å². The molecule has 0 spiro atoms. The van der Waals surface area contributed by atoms with E-state index in [1.165, 1.54) is 11.1 Å². The van der Waals surface area contributed by atoms with Crippen molar-refractivity contribution in [1.29, 1.82) is 0 Å². The van der Waals surface area contributed by atoms with Gasteiger partial charge in [0.05, 0.1) is 0 Å². The van der Waals surface area contributed by atoms with Gasteiger partial charge in [0.1, 0.15) is 6.04 Å². The number of carboxylic acids is 1. The van der Waals surface area contributed by atoms with E-state index in [0.717, 1.165) is 19.3 Å². The third-order valence-electron chi connectivity index (χ3n) is 3.41. The third kappa shape index (κ3) is 2.67. The van der Waals surface area contributed by atoms with Crippen LogP contribution in [0.1, 0.15) is 43.4 Å². The Kier molecular flexibility index (Phi) is 3.79. The van der Waals surface area contributed by atoms with Crippen LogP contribution < -0.4 is 5.32 Å². The zero-order valence-electron chi connectivity index (χ0n) is 10.1. The lowest BCUT2D eigenvalue weighted by Gasteiger charge is -2.20. The van der Waals surface area contributed by atoms with E-state index in [4.69, 9.17) is 5.11 Å². The number of fused-ring (bicyclic) bond motifs is 1. The molecule has 1 aromatic carbocycles. The first kappa shape index (κ1) is 12.1. The first-order valence-electron chi connectivity index (χ1n) is 6.29. The van der Waals surface area contributed by atoms with Crippen molar-refractivity contribution in [2.24, 2.45) is 0 Å². The molecule has 0 bridgehead atoms. The number of aliphatic carboxylic acids is 1. The molecule has 2 atom stereocenters. The average Bonchev–Trinajstić information content (AvgIpc) is 2.72. The average molecular weight is 233 g/mol. The number of nitrogens with one attached hydrogen (secondary N) is 1. The van der Waals surface area contributed by atoms with Crippen molar-refractivity contribution in [3.63, 3.8) is 0 Å². The summed E-state index contributed by atoms with van der Waals surface area (Å²) in [7, 11) is 0. The zero-order valence-corrected chi connectivity index (χ0v) is 10.1. The van der Waals surface area contributed by atoms with E-state index in [1.807, 2.05) is 19.1 Å². The van der Waals surface area contributed by atoms with Crippen LogP contribution in [-0.2, 0) is 11.2 Å². The Morgan fingerprint density at radius 2 is 2.29 bits per heavy atom. The molecule has 0 saturated heterocycles. The number of hydrogen-bond acceptors (Lipinski definition) is 2. The van der Waals surface area contributed by atoms with E-state index in [-0.39, 0.29) is 6.04 Å². The standard InChI is InChI=1S/C14H19NO2/c1-2-5-13(14(16)17)15-12-9-8-10-6-3-4-7-11(10)12/h3-4,6-7,12-13,15H,2,5,8-9H2,1H3,(H,16,17). The Morgan fingerprint density at radius 1 is 1.53 bits per heavy atom. The van der Waals surface area contributed by atoms with Crippen molar-refractivity contribution >= 4 is 5.97 Å². The predicted molar refractivity (Wildman–Crippen MR) is 67.0 cm³/mol. The molecule has 0 heterocycles. The summed E-state index contributed by atoms with van der Waals surface area (Å²) in [6.07, 6.45) is 3.63. The molecule has 0 amide bonds. The molecule has 0 aliphatic heterocycles. The number of aryl methyl sites for hydroxylation is 1. The maximum atomic E-state index is 11.1. The van der Waals surface area contributed by atoms with Crippen LogP contribution >= 0.6 is 0 Å². The number of hydrogen-bond donors (Lipinski definition) is 2. The smallest absolute Gasteiger partial charge is 0.320 e. The van der Waals surface area contributed by atoms with Gasteiger partial charge < -0.3 is 5.11 Å². The molecular weight excluding hydrogens is 214 g/mol. The van der Waals surface area contributed by atoms with Gasteiger partial charge in [-0.3, -0.25) is 10.1 Å². The molecule has 92 valence electrons. The molecule has 2 unspecified atom stereocenters. The summed E-state index contributed by atoms with van der Waals surface area (Å²) in [6.45, 7) is 2.01. The van der Waals surface area contributed by atoms with Crippen molar-refractivity contribution in [3.05, 3.63) is 35.4 Å². The van der Waals surface area contributed by atoms with Gasteiger partial charge in [-0.25, -0.2) is 0 Å². The van der Waals surface area contributed by atoms with Gasteiger partial charge in [0.2, 0.25) is 0 Å². The molecule has 17 heavy (non-hydrogen) atoms. The van der Waals surface area contributed by atoms with Gasteiger partial charge in [-0.15, -0.1) is 0 Å². The van der Waals surface area contributed by atoms with E-state index in [0.29, 0.717) is 6.42 Å². The van der Waals surface area contributed by atoms with Gasteiger partial charge in [-0.1, -0.05) is 37.6 Å². The highest BCUT2D eigenvalue weighted by Gasteiger charge is 2.26. The summed E-state index contributed by atoms with van der Waals surface area (Å²) in [5.41, 5.74) is 2.63. The number of rotatable bonds is 5. The summed E-state index contributed by atoms with van der Waals surface area (Å²) >= 11 is 0. The van der Waals surface area contributed by atoms with Crippen LogP contribution in [0.15, 0.2) is 24.3 Å². The van der Waals surface area contributed by atoms with Crippen LogP contribution in [0.2, 0.25) is 0 Å². The van der Waals surface area contributed by atoms with E-state index >= 15 is 0 Å². The Labute approximate surface area is 102 Å². The van der Waals surface area contributed by atoms with Crippen LogP contribution in [0, 0.1) is 0 Å². The minimum Gasteiger partial charge on any atom is -0.480 e. The second-order valence-electron chi connectivity index (χ2n) is 4.64. The lowest BCUT2D eigenvalue weighted by atomic mass is 10.1. The molecule has 2 N–H and O–H groups in total. The Morgan fingerprint density at radius 3 is 3.00 bits per heavy atom. The monoisotopic (exact) mass is 233 g/mol. The van der Waals surface area contributed by atoms with Crippen LogP contribution in [0.25, 0.3) is 0 Å². The minimum atomic E-state index is -0.740. The van der Waals surface area contributed by atoms with Crippen molar-refractivity contribution < 1.29 is 9.90 Å². The molecule has 3 heteroatoms. The van der Waals surface area contributed by atoms with Gasteiger partial charge in [0.25, 0.3) is 0 Å². The maximum Gasteiger partial charge on any atom is 0.320 e. The molecule has 0 fully saturated rings. The summed E-state index contributed by atoms with van der Waals surface area (Å²) in [4.78, 5) is 11.1. The Balaban J connectivity index is 2.07. The van der Waals surface area contributed by atoms with E-state index < -0.39 is 12.0 Å². The number of benzene rings is 1. The fourth-order valence-electron chi connectivity index (χ4n) is 2.54. The molecule has 0 aromatic heterocycles. The quantitative estimate of drug-likeness (QED) is 0.821. The highest BCUT2D eigenvalue weighted by atomic mass is 16.4. The molecule has 1 aliphatic carbocycles. The lowest BCUT2D eigenvalue weighted by molar-refractivity contribution is -0.139. The minimum absolute atomic E-state index is 0.207. The van der Waals surface area contributed by atoms with Gasteiger partial charge in [0.15, 0.2) is 0 Å². The predicted octanol–water partition coefficient (Wildman–Crippen LogP) is 2.52. The summed E-state index contributed by atoms with van der Waals surface area (Å²) in [5, 5.41) is 12.4. The molecule has 1 aliphatic rings. The molecule has 1 aromatic rings. The van der Waals surface area contributed by atoms with Crippen molar-refractivity contribution in [3.8, 4) is 0 Å². The maximum absolute atomic E-state index is 11.1. The lowest BCUT2D eigenvalue weighted by Crippen LogP contribution is -2.38. The van der Waals surface area contributed by atoms with Gasteiger partial charge in [-0.05, 0) is 30.4 Å². The van der Waals surface area contributed by atoms with Crippen LogP contribution in [0.4, 0.5) is 0 Å². The Hall–Kier alpha value is -1.35.